The number of nitrogens with two attached hydrogens (primary N) is 1. The Morgan fingerprint density at radius 3 is 2.75 bits per heavy atom. The van der Waals surface area contributed by atoms with E-state index in [0.717, 1.165) is 42.5 Å². The highest BCUT2D eigenvalue weighted by Crippen LogP contribution is 2.25. The van der Waals surface area contributed by atoms with Crippen LogP contribution in [0.2, 0.25) is 0 Å². The molecule has 1 aliphatic rings. The van der Waals surface area contributed by atoms with Crippen LogP contribution in [-0.2, 0) is 0 Å². The van der Waals surface area contributed by atoms with Crippen molar-refractivity contribution >= 4 is 16.9 Å². The number of piperidine rings is 1. The van der Waals surface area contributed by atoms with Gasteiger partial charge in [-0.1, -0.05) is 0 Å². The molecule has 2 aromatic rings. The Labute approximate surface area is 143 Å². The third-order valence-corrected chi connectivity index (χ3v) is 4.90. The molecule has 3 rings (SSSR count). The minimum atomic E-state index is -0.0186. The van der Waals surface area contributed by atoms with E-state index in [9.17, 15) is 4.79 Å². The summed E-state index contributed by atoms with van der Waals surface area (Å²) in [6.45, 7) is 8.80. The maximum Gasteiger partial charge on any atom is 0.256 e. The summed E-state index contributed by atoms with van der Waals surface area (Å²) in [5, 5.41) is 5.31. The third-order valence-electron chi connectivity index (χ3n) is 4.90. The molecule has 1 saturated heterocycles. The van der Waals surface area contributed by atoms with Crippen LogP contribution >= 0.6 is 0 Å². The molecule has 2 aromatic heterocycles. The van der Waals surface area contributed by atoms with Crippen LogP contribution in [0, 0.1) is 6.92 Å². The Bertz CT molecular complexity index is 749. The molecule has 3 heterocycles. The number of pyridine rings is 1. The van der Waals surface area contributed by atoms with Gasteiger partial charge >= 0.3 is 0 Å². The van der Waals surface area contributed by atoms with E-state index in [1.807, 2.05) is 29.5 Å². The molecule has 6 nitrogen and oxygen atoms in total. The summed E-state index contributed by atoms with van der Waals surface area (Å²) >= 11 is 0. The molecule has 1 fully saturated rings. The molecule has 0 aliphatic carbocycles. The third kappa shape index (κ3) is 2.90. The Kier molecular flexibility index (Phi) is 4.58. The molecule has 0 aromatic carbocycles. The van der Waals surface area contributed by atoms with Crippen molar-refractivity contribution in [3.05, 3.63) is 23.5 Å². The number of fused-ring (bicyclic) bond motifs is 1. The number of amides is 1. The van der Waals surface area contributed by atoms with Gasteiger partial charge < -0.3 is 10.6 Å². The van der Waals surface area contributed by atoms with E-state index in [1.165, 1.54) is 0 Å². The lowest BCUT2D eigenvalue weighted by Gasteiger charge is -2.38. The van der Waals surface area contributed by atoms with E-state index in [4.69, 9.17) is 5.73 Å². The summed E-state index contributed by atoms with van der Waals surface area (Å²) in [6, 6.07) is 2.26. The quantitative estimate of drug-likeness (QED) is 0.939. The Hall–Kier alpha value is -1.95. The molecule has 6 heteroatoms. The summed E-state index contributed by atoms with van der Waals surface area (Å²) in [6.07, 6.45) is 4.93. The van der Waals surface area contributed by atoms with Crippen molar-refractivity contribution in [2.45, 2.75) is 65.1 Å². The maximum absolute atomic E-state index is 13.1. The van der Waals surface area contributed by atoms with E-state index in [2.05, 4.69) is 23.9 Å². The number of hydrogen-bond acceptors (Lipinski definition) is 4. The van der Waals surface area contributed by atoms with Crippen molar-refractivity contribution in [2.24, 2.45) is 5.73 Å². The zero-order chi connectivity index (χ0) is 17.4. The minimum absolute atomic E-state index is 0.0186. The second-order valence-corrected chi connectivity index (χ2v) is 7.14. The fourth-order valence-electron chi connectivity index (χ4n) is 3.57. The first-order valence-electron chi connectivity index (χ1n) is 8.81. The number of aromatic nitrogens is 3. The fraction of sp³-hybridized carbons (Fsp3) is 0.611. The summed E-state index contributed by atoms with van der Waals surface area (Å²) in [5.41, 5.74) is 8.37. The van der Waals surface area contributed by atoms with Crippen molar-refractivity contribution in [3.63, 3.8) is 0 Å². The summed E-state index contributed by atoms with van der Waals surface area (Å²) in [4.78, 5) is 19.7. The predicted molar refractivity (Wildman–Crippen MR) is 95.0 cm³/mol. The van der Waals surface area contributed by atoms with Crippen LogP contribution in [-0.4, -0.2) is 44.2 Å². The zero-order valence-corrected chi connectivity index (χ0v) is 15.0. The largest absolute Gasteiger partial charge is 0.334 e. The lowest BCUT2D eigenvalue weighted by Crippen LogP contribution is -2.51. The van der Waals surface area contributed by atoms with E-state index >= 15 is 0 Å². The van der Waals surface area contributed by atoms with Crippen LogP contribution in [0.3, 0.4) is 0 Å². The molecule has 24 heavy (non-hydrogen) atoms. The van der Waals surface area contributed by atoms with Gasteiger partial charge in [-0.05, 0) is 53.0 Å². The van der Waals surface area contributed by atoms with Crippen molar-refractivity contribution in [1.82, 2.24) is 19.7 Å². The van der Waals surface area contributed by atoms with Crippen LogP contribution < -0.4 is 5.73 Å². The standard InChI is InChI=1S/C18H27N5O/c1-11(2)23-17-14(10-20-23)9-15(13(4)21-17)18(24)22-8-6-5-7-16(22)12(3)19/h9-12,16H,5-8,19H2,1-4H3. The highest BCUT2D eigenvalue weighted by atomic mass is 16.2. The predicted octanol–water partition coefficient (Wildman–Crippen LogP) is 2.66. The van der Waals surface area contributed by atoms with Crippen molar-refractivity contribution in [3.8, 4) is 0 Å². The molecule has 0 radical (unpaired) electrons. The van der Waals surface area contributed by atoms with Crippen LogP contribution in [0.1, 0.15) is 62.1 Å². The van der Waals surface area contributed by atoms with Gasteiger partial charge in [-0.2, -0.15) is 5.10 Å². The Morgan fingerprint density at radius 1 is 1.33 bits per heavy atom. The first-order chi connectivity index (χ1) is 11.4. The molecule has 0 spiro atoms. The van der Waals surface area contributed by atoms with Gasteiger partial charge in [0, 0.05) is 30.1 Å². The van der Waals surface area contributed by atoms with Crippen molar-refractivity contribution in [2.75, 3.05) is 6.54 Å². The Morgan fingerprint density at radius 2 is 2.08 bits per heavy atom. The lowest BCUT2D eigenvalue weighted by molar-refractivity contribution is 0.0583. The number of hydrogen-bond donors (Lipinski definition) is 1. The molecule has 2 N–H and O–H groups in total. The number of nitrogens with zero attached hydrogens (tertiary/aromatic N) is 4. The SMILES string of the molecule is Cc1nc2c(cnn2C(C)C)cc1C(=O)N1CCCCC1C(C)N. The molecule has 2 atom stereocenters. The summed E-state index contributed by atoms with van der Waals surface area (Å²) in [5.74, 6) is 0.0428. The normalized spacial score (nSPS) is 19.9. The molecular weight excluding hydrogens is 302 g/mol. The van der Waals surface area contributed by atoms with Crippen LogP contribution in [0.15, 0.2) is 12.3 Å². The molecular formula is C18H27N5O. The number of rotatable bonds is 3. The average Bonchev–Trinajstić information content (AvgIpc) is 2.96. The van der Waals surface area contributed by atoms with Gasteiger partial charge in [-0.25, -0.2) is 9.67 Å². The molecule has 2 unspecified atom stereocenters. The van der Waals surface area contributed by atoms with E-state index in [0.29, 0.717) is 5.56 Å². The minimum Gasteiger partial charge on any atom is -0.334 e. The maximum atomic E-state index is 13.1. The van der Waals surface area contributed by atoms with Gasteiger partial charge in [0.05, 0.1) is 17.5 Å². The molecule has 1 aliphatic heterocycles. The van der Waals surface area contributed by atoms with Crippen LogP contribution in [0.5, 0.6) is 0 Å². The van der Waals surface area contributed by atoms with Gasteiger partial charge in [0.25, 0.3) is 5.91 Å². The fourth-order valence-corrected chi connectivity index (χ4v) is 3.57. The topological polar surface area (TPSA) is 77.0 Å². The second kappa shape index (κ2) is 6.51. The highest BCUT2D eigenvalue weighted by molar-refractivity contribution is 5.98. The molecule has 1 amide bonds. The van der Waals surface area contributed by atoms with Crippen molar-refractivity contribution in [1.29, 1.82) is 0 Å². The number of carbonyl (C=O) groups excluding carboxylic acids is 1. The van der Waals surface area contributed by atoms with Crippen LogP contribution in [0.4, 0.5) is 0 Å². The second-order valence-electron chi connectivity index (χ2n) is 7.14. The first kappa shape index (κ1) is 16.9. The van der Waals surface area contributed by atoms with E-state index < -0.39 is 0 Å². The van der Waals surface area contributed by atoms with E-state index in [-0.39, 0.29) is 24.0 Å². The van der Waals surface area contributed by atoms with E-state index in [1.54, 1.807) is 6.20 Å². The summed E-state index contributed by atoms with van der Waals surface area (Å²) < 4.78 is 1.89. The van der Waals surface area contributed by atoms with Crippen molar-refractivity contribution < 1.29 is 4.79 Å². The average molecular weight is 329 g/mol. The smallest absolute Gasteiger partial charge is 0.256 e. The van der Waals surface area contributed by atoms with Gasteiger partial charge in [0.15, 0.2) is 5.65 Å². The first-order valence-corrected chi connectivity index (χ1v) is 8.81. The summed E-state index contributed by atoms with van der Waals surface area (Å²) in [7, 11) is 0. The van der Waals surface area contributed by atoms with Gasteiger partial charge in [-0.3, -0.25) is 4.79 Å². The number of carbonyl (C=O) groups is 1. The molecule has 130 valence electrons. The number of aryl methyl sites for hydroxylation is 1. The van der Waals surface area contributed by atoms with Gasteiger partial charge in [0.1, 0.15) is 0 Å². The van der Waals surface area contributed by atoms with Crippen LogP contribution in [0.25, 0.3) is 11.0 Å². The lowest BCUT2D eigenvalue weighted by atomic mass is 9.95. The zero-order valence-electron chi connectivity index (χ0n) is 15.0. The Balaban J connectivity index is 1.99. The van der Waals surface area contributed by atoms with Gasteiger partial charge in [0.2, 0.25) is 0 Å². The monoisotopic (exact) mass is 329 g/mol. The molecule has 0 bridgehead atoms. The number of likely N-dealkylation sites (tertiary alicyclic amines) is 1. The highest BCUT2D eigenvalue weighted by Gasteiger charge is 2.31. The molecule has 0 saturated carbocycles. The van der Waals surface area contributed by atoms with Gasteiger partial charge in [-0.15, -0.1) is 0 Å².